The molecule has 0 saturated carbocycles. The van der Waals surface area contributed by atoms with Gasteiger partial charge in [-0.1, -0.05) is 0 Å². The van der Waals surface area contributed by atoms with Crippen molar-refractivity contribution >= 4 is 28.6 Å². The Morgan fingerprint density at radius 1 is 1.53 bits per heavy atom. The largest absolute Gasteiger partial charge is 0.573 e. The lowest BCUT2D eigenvalue weighted by Gasteiger charge is -2.13. The van der Waals surface area contributed by atoms with Crippen molar-refractivity contribution in [1.29, 1.82) is 0 Å². The molecule has 2 N–H and O–H groups in total. The molecule has 0 unspecified atom stereocenters. The molecule has 94 valence electrons. The zero-order valence-electron chi connectivity index (χ0n) is 7.95. The predicted octanol–water partition coefficient (Wildman–Crippen LogP) is 1.92. The number of alkyl halides is 3. The van der Waals surface area contributed by atoms with Gasteiger partial charge in [0.05, 0.1) is 18.3 Å². The van der Waals surface area contributed by atoms with E-state index in [-0.39, 0.29) is 3.57 Å². The molecule has 0 fully saturated rings. The summed E-state index contributed by atoms with van der Waals surface area (Å²) in [5.41, 5.74) is -0.406. The van der Waals surface area contributed by atoms with Gasteiger partial charge in [-0.3, -0.25) is 9.78 Å². The zero-order chi connectivity index (χ0) is 13.2. The van der Waals surface area contributed by atoms with Gasteiger partial charge in [0.25, 0.3) is 0 Å². The lowest BCUT2D eigenvalue weighted by atomic mass is 10.2. The van der Waals surface area contributed by atoms with Gasteiger partial charge in [-0.05, 0) is 22.6 Å². The number of hydrogen-bond donors (Lipinski definition) is 2. The van der Waals surface area contributed by atoms with E-state index in [0.29, 0.717) is 0 Å². The predicted molar refractivity (Wildman–Crippen MR) is 56.6 cm³/mol. The molecule has 9 heteroatoms. The fraction of sp³-hybridized carbons (Fsp3) is 0.250. The zero-order valence-corrected chi connectivity index (χ0v) is 10.1. The SMILES string of the molecule is O=C(O)Cc1ncc(O)c(I)c1OC(F)(F)F. The van der Waals surface area contributed by atoms with Crippen LogP contribution in [0.1, 0.15) is 5.69 Å². The number of aromatic nitrogens is 1. The average Bonchev–Trinajstić information content (AvgIpc) is 2.15. The van der Waals surface area contributed by atoms with E-state index >= 15 is 0 Å². The molecule has 0 bridgehead atoms. The number of aliphatic carboxylic acids is 1. The molecule has 0 saturated heterocycles. The van der Waals surface area contributed by atoms with Crippen molar-refractivity contribution in [1.82, 2.24) is 4.98 Å². The molecule has 0 atom stereocenters. The fourth-order valence-electron chi connectivity index (χ4n) is 0.986. The normalized spacial score (nSPS) is 11.3. The molecule has 1 aromatic heterocycles. The minimum absolute atomic E-state index is 0.244. The van der Waals surface area contributed by atoms with Crippen molar-refractivity contribution in [2.45, 2.75) is 12.8 Å². The van der Waals surface area contributed by atoms with Gasteiger partial charge in [0.15, 0.2) is 11.5 Å². The second kappa shape index (κ2) is 4.94. The Labute approximate surface area is 106 Å². The van der Waals surface area contributed by atoms with E-state index in [1.807, 2.05) is 0 Å². The summed E-state index contributed by atoms with van der Waals surface area (Å²) in [7, 11) is 0. The summed E-state index contributed by atoms with van der Waals surface area (Å²) in [6.07, 6.45) is -4.85. The molecular formula is C8H5F3INO4. The number of halogens is 4. The Hall–Kier alpha value is -1.26. The van der Waals surface area contributed by atoms with Gasteiger partial charge >= 0.3 is 12.3 Å². The first-order chi connectivity index (χ1) is 7.70. The number of nitrogens with zero attached hydrogens (tertiary/aromatic N) is 1. The molecule has 1 aromatic rings. The topological polar surface area (TPSA) is 79.7 Å². The van der Waals surface area contributed by atoms with E-state index < -0.39 is 35.9 Å². The molecule has 0 aromatic carbocycles. The van der Waals surface area contributed by atoms with E-state index in [1.54, 1.807) is 0 Å². The molecule has 0 aliphatic carbocycles. The van der Waals surface area contributed by atoms with Gasteiger partial charge in [-0.25, -0.2) is 0 Å². The van der Waals surface area contributed by atoms with Crippen LogP contribution in [0.15, 0.2) is 6.20 Å². The first kappa shape index (κ1) is 13.8. The monoisotopic (exact) mass is 363 g/mol. The maximum absolute atomic E-state index is 12.1. The third-order valence-electron chi connectivity index (χ3n) is 1.57. The van der Waals surface area contributed by atoms with Gasteiger partial charge in [-0.15, -0.1) is 13.2 Å². The number of ether oxygens (including phenoxy) is 1. The maximum atomic E-state index is 12.1. The molecule has 0 amide bonds. The number of rotatable bonds is 3. The van der Waals surface area contributed by atoms with Crippen LogP contribution in [0, 0.1) is 3.57 Å². The maximum Gasteiger partial charge on any atom is 0.573 e. The molecule has 1 heterocycles. The van der Waals surface area contributed by atoms with Crippen molar-refractivity contribution in [3.63, 3.8) is 0 Å². The quantitative estimate of drug-likeness (QED) is 0.803. The molecule has 0 aliphatic heterocycles. The smallest absolute Gasteiger partial charge is 0.505 e. The van der Waals surface area contributed by atoms with E-state index in [0.717, 1.165) is 6.20 Å². The summed E-state index contributed by atoms with van der Waals surface area (Å²) in [5, 5.41) is 17.7. The number of hydrogen-bond acceptors (Lipinski definition) is 4. The van der Waals surface area contributed by atoms with Crippen molar-refractivity contribution in [2.75, 3.05) is 0 Å². The standard InChI is InChI=1S/C8H5F3INO4/c9-8(10,11)17-7-3(1-5(15)16)13-2-4(14)6(7)12/h2,14H,1H2,(H,15,16). The summed E-state index contributed by atoms with van der Waals surface area (Å²) in [6, 6.07) is 0. The molecule has 5 nitrogen and oxygen atoms in total. The van der Waals surface area contributed by atoms with Crippen LogP contribution in [0.3, 0.4) is 0 Å². The highest BCUT2D eigenvalue weighted by Gasteiger charge is 2.34. The number of aromatic hydroxyl groups is 1. The number of carboxylic acids is 1. The number of carboxylic acid groups (broad SMARTS) is 1. The van der Waals surface area contributed by atoms with Gasteiger partial charge in [0.2, 0.25) is 0 Å². The molecule has 0 spiro atoms. The molecule has 0 aliphatic rings. The van der Waals surface area contributed by atoms with Crippen LogP contribution in [0.4, 0.5) is 13.2 Å². The lowest BCUT2D eigenvalue weighted by molar-refractivity contribution is -0.275. The van der Waals surface area contributed by atoms with Gasteiger partial charge in [-0.2, -0.15) is 0 Å². The van der Waals surface area contributed by atoms with Gasteiger partial charge in [0, 0.05) is 0 Å². The van der Waals surface area contributed by atoms with Crippen LogP contribution in [0.25, 0.3) is 0 Å². The van der Waals surface area contributed by atoms with E-state index in [1.165, 1.54) is 22.6 Å². The fourth-order valence-corrected chi connectivity index (χ4v) is 1.55. The van der Waals surface area contributed by atoms with E-state index in [2.05, 4.69) is 9.72 Å². The van der Waals surface area contributed by atoms with Crippen LogP contribution in [0.2, 0.25) is 0 Å². The first-order valence-corrected chi connectivity index (χ1v) is 5.12. The summed E-state index contributed by atoms with van der Waals surface area (Å²) in [6.45, 7) is 0. The second-order valence-corrected chi connectivity index (χ2v) is 3.93. The summed E-state index contributed by atoms with van der Waals surface area (Å²) in [5.74, 6) is -2.66. The van der Waals surface area contributed by atoms with Crippen molar-refractivity contribution in [3.8, 4) is 11.5 Å². The molecular weight excluding hydrogens is 358 g/mol. The summed E-state index contributed by atoms with van der Waals surface area (Å²) in [4.78, 5) is 13.8. The number of carbonyl (C=O) groups is 1. The lowest BCUT2D eigenvalue weighted by Crippen LogP contribution is -2.20. The Balaban J connectivity index is 3.21. The number of pyridine rings is 1. The van der Waals surface area contributed by atoms with Crippen LogP contribution >= 0.6 is 22.6 Å². The van der Waals surface area contributed by atoms with Crippen molar-refractivity contribution in [2.24, 2.45) is 0 Å². The van der Waals surface area contributed by atoms with Crippen LogP contribution in [-0.2, 0) is 11.2 Å². The van der Waals surface area contributed by atoms with Crippen molar-refractivity contribution < 1.29 is 32.9 Å². The average molecular weight is 363 g/mol. The minimum Gasteiger partial charge on any atom is -0.505 e. The van der Waals surface area contributed by atoms with Crippen LogP contribution in [-0.4, -0.2) is 27.5 Å². The Bertz CT molecular complexity index is 449. The minimum atomic E-state index is -4.98. The van der Waals surface area contributed by atoms with Gasteiger partial charge < -0.3 is 14.9 Å². The van der Waals surface area contributed by atoms with Crippen LogP contribution < -0.4 is 4.74 Å². The third-order valence-corrected chi connectivity index (χ3v) is 2.61. The first-order valence-electron chi connectivity index (χ1n) is 4.04. The van der Waals surface area contributed by atoms with Crippen molar-refractivity contribution in [3.05, 3.63) is 15.5 Å². The molecule has 17 heavy (non-hydrogen) atoms. The van der Waals surface area contributed by atoms with Gasteiger partial charge in [0.1, 0.15) is 3.57 Å². The second-order valence-electron chi connectivity index (χ2n) is 2.85. The highest BCUT2D eigenvalue weighted by molar-refractivity contribution is 14.1. The Kier molecular flexibility index (Phi) is 4.01. The Morgan fingerprint density at radius 3 is 2.59 bits per heavy atom. The molecule has 0 radical (unpaired) electrons. The third kappa shape index (κ3) is 3.91. The van der Waals surface area contributed by atoms with E-state index in [4.69, 9.17) is 5.11 Å². The Morgan fingerprint density at radius 2 is 2.12 bits per heavy atom. The van der Waals surface area contributed by atoms with E-state index in [9.17, 15) is 23.1 Å². The van der Waals surface area contributed by atoms with Crippen LogP contribution in [0.5, 0.6) is 11.5 Å². The highest BCUT2D eigenvalue weighted by atomic mass is 127. The summed E-state index contributed by atoms with van der Waals surface area (Å²) < 4.78 is 39.7. The summed E-state index contributed by atoms with van der Waals surface area (Å²) >= 11 is 1.41. The highest BCUT2D eigenvalue weighted by Crippen LogP contribution is 2.35. The molecule has 1 rings (SSSR count).